The van der Waals surface area contributed by atoms with Crippen molar-refractivity contribution >= 4 is 40.6 Å². The maximum atomic E-state index is 12.4. The van der Waals surface area contributed by atoms with E-state index in [2.05, 4.69) is 4.98 Å². The van der Waals surface area contributed by atoms with E-state index in [1.54, 1.807) is 0 Å². The number of aromatic amines is 1. The molecular formula is C19H22Cl3NO2. The predicted octanol–water partition coefficient (Wildman–Crippen LogP) is 6.74. The number of ketones is 1. The molecular weight excluding hydrogens is 381 g/mol. The van der Waals surface area contributed by atoms with E-state index in [-0.39, 0.29) is 44.9 Å². The lowest BCUT2D eigenvalue weighted by Gasteiger charge is -2.17. The number of hydrogen-bond acceptors (Lipinski definition) is 2. The Balaban J connectivity index is 2.25. The van der Waals surface area contributed by atoms with Crippen molar-refractivity contribution < 1.29 is 9.90 Å². The lowest BCUT2D eigenvalue weighted by molar-refractivity contribution is 0.0979. The Labute approximate surface area is 163 Å². The van der Waals surface area contributed by atoms with Gasteiger partial charge in [0, 0.05) is 6.42 Å². The number of carbonyl (C=O) groups is 1. The normalized spacial score (nSPS) is 11.6. The summed E-state index contributed by atoms with van der Waals surface area (Å²) in [6.45, 7) is 8.15. The van der Waals surface area contributed by atoms with Crippen molar-refractivity contribution in [3.8, 4) is 5.75 Å². The smallest absolute Gasteiger partial charge is 0.180 e. The Morgan fingerprint density at radius 2 is 1.56 bits per heavy atom. The monoisotopic (exact) mass is 401 g/mol. The average molecular weight is 403 g/mol. The van der Waals surface area contributed by atoms with E-state index in [1.165, 1.54) is 0 Å². The molecule has 0 saturated carbocycles. The quantitative estimate of drug-likeness (QED) is 0.525. The van der Waals surface area contributed by atoms with E-state index >= 15 is 0 Å². The summed E-state index contributed by atoms with van der Waals surface area (Å²) in [6.07, 6.45) is 0.815. The standard InChI is InChI=1S/C19H22Cl3NO2/c1-9(2)12-7-11(8-13(10(3)4)18(12)25)5-6-14(24)17-15(20)16(21)19(22)23-17/h7-10,23,25H,5-6H2,1-4H3. The molecule has 1 heterocycles. The highest BCUT2D eigenvalue weighted by Gasteiger charge is 2.20. The molecule has 0 radical (unpaired) electrons. The van der Waals surface area contributed by atoms with Gasteiger partial charge in [-0.15, -0.1) is 0 Å². The molecule has 0 bridgehead atoms. The Morgan fingerprint density at radius 3 is 1.96 bits per heavy atom. The fourth-order valence-corrected chi connectivity index (χ4v) is 3.40. The largest absolute Gasteiger partial charge is 0.507 e. The molecule has 1 aromatic carbocycles. The van der Waals surface area contributed by atoms with E-state index in [0.29, 0.717) is 12.2 Å². The van der Waals surface area contributed by atoms with Crippen molar-refractivity contribution in [3.05, 3.63) is 49.7 Å². The zero-order valence-electron chi connectivity index (χ0n) is 14.7. The van der Waals surface area contributed by atoms with Crippen LogP contribution in [0.2, 0.25) is 15.2 Å². The van der Waals surface area contributed by atoms with Gasteiger partial charge in [0.2, 0.25) is 0 Å². The van der Waals surface area contributed by atoms with Gasteiger partial charge in [0.1, 0.15) is 16.6 Å². The molecule has 0 aliphatic carbocycles. The third-order valence-corrected chi connectivity index (χ3v) is 5.46. The molecule has 0 amide bonds. The second-order valence-electron chi connectivity index (χ2n) is 6.80. The minimum atomic E-state index is -0.149. The summed E-state index contributed by atoms with van der Waals surface area (Å²) in [5, 5.41) is 11.0. The van der Waals surface area contributed by atoms with Gasteiger partial charge in [-0.2, -0.15) is 0 Å². The van der Waals surface area contributed by atoms with Crippen molar-refractivity contribution in [3.63, 3.8) is 0 Å². The van der Waals surface area contributed by atoms with Crippen LogP contribution in [-0.4, -0.2) is 15.9 Å². The van der Waals surface area contributed by atoms with Crippen LogP contribution in [-0.2, 0) is 6.42 Å². The second-order valence-corrected chi connectivity index (χ2v) is 7.93. The zero-order valence-corrected chi connectivity index (χ0v) is 17.0. The van der Waals surface area contributed by atoms with Crippen molar-refractivity contribution in [2.24, 2.45) is 0 Å². The number of aryl methyl sites for hydroxylation is 1. The van der Waals surface area contributed by atoms with E-state index in [1.807, 2.05) is 39.8 Å². The van der Waals surface area contributed by atoms with Gasteiger partial charge in [0.15, 0.2) is 5.78 Å². The van der Waals surface area contributed by atoms with Crippen LogP contribution in [0, 0.1) is 0 Å². The summed E-state index contributed by atoms with van der Waals surface area (Å²) in [5.74, 6) is 0.599. The third kappa shape index (κ3) is 4.33. The molecule has 25 heavy (non-hydrogen) atoms. The van der Waals surface area contributed by atoms with Crippen LogP contribution in [0.3, 0.4) is 0 Å². The first-order valence-electron chi connectivity index (χ1n) is 8.24. The van der Waals surface area contributed by atoms with E-state index in [4.69, 9.17) is 34.8 Å². The Hall–Kier alpha value is -1.16. The summed E-state index contributed by atoms with van der Waals surface area (Å²) in [4.78, 5) is 15.2. The third-order valence-electron chi connectivity index (χ3n) is 4.23. The number of hydrogen-bond donors (Lipinski definition) is 2. The summed E-state index contributed by atoms with van der Waals surface area (Å²) in [6, 6.07) is 3.94. The van der Waals surface area contributed by atoms with Gasteiger partial charge >= 0.3 is 0 Å². The van der Waals surface area contributed by atoms with Crippen LogP contribution in [0.15, 0.2) is 12.1 Å². The van der Waals surface area contributed by atoms with Crippen molar-refractivity contribution in [2.75, 3.05) is 0 Å². The van der Waals surface area contributed by atoms with Crippen LogP contribution < -0.4 is 0 Å². The SMILES string of the molecule is CC(C)c1cc(CCC(=O)c2[nH]c(Cl)c(Cl)c2Cl)cc(C(C)C)c1O. The first kappa shape index (κ1) is 20.2. The maximum absolute atomic E-state index is 12.4. The minimum absolute atomic E-state index is 0.149. The lowest BCUT2D eigenvalue weighted by atomic mass is 9.90. The van der Waals surface area contributed by atoms with Crippen LogP contribution in [0.4, 0.5) is 0 Å². The molecule has 136 valence electrons. The van der Waals surface area contributed by atoms with Crippen LogP contribution in [0.1, 0.15) is 73.1 Å². The molecule has 0 spiro atoms. The molecule has 0 unspecified atom stereocenters. The fourth-order valence-electron chi connectivity index (χ4n) is 2.77. The molecule has 0 atom stereocenters. The molecule has 3 nitrogen and oxygen atoms in total. The molecule has 2 rings (SSSR count). The molecule has 2 N–H and O–H groups in total. The molecule has 6 heteroatoms. The number of H-pyrrole nitrogens is 1. The van der Waals surface area contributed by atoms with E-state index in [9.17, 15) is 9.90 Å². The number of Topliss-reactive ketones (excluding diaryl/α,β-unsaturated/α-hetero) is 1. The van der Waals surface area contributed by atoms with Crippen LogP contribution >= 0.6 is 34.8 Å². The number of nitrogens with one attached hydrogen (secondary N) is 1. The lowest BCUT2D eigenvalue weighted by Crippen LogP contribution is -2.04. The highest BCUT2D eigenvalue weighted by Crippen LogP contribution is 2.36. The second kappa shape index (κ2) is 8.03. The van der Waals surface area contributed by atoms with Crippen molar-refractivity contribution in [2.45, 2.75) is 52.4 Å². The summed E-state index contributed by atoms with van der Waals surface area (Å²) in [7, 11) is 0. The Bertz CT molecular complexity index is 765. The Morgan fingerprint density at radius 1 is 1.04 bits per heavy atom. The number of phenolic OH excluding ortho intramolecular Hbond substituents is 1. The summed E-state index contributed by atoms with van der Waals surface area (Å²) < 4.78 is 0. The van der Waals surface area contributed by atoms with Crippen LogP contribution in [0.25, 0.3) is 0 Å². The first-order valence-corrected chi connectivity index (χ1v) is 9.38. The number of aromatic nitrogens is 1. The molecule has 2 aromatic rings. The van der Waals surface area contributed by atoms with Gasteiger partial charge < -0.3 is 10.1 Å². The number of carbonyl (C=O) groups excluding carboxylic acids is 1. The Kier molecular flexibility index (Phi) is 6.47. The summed E-state index contributed by atoms with van der Waals surface area (Å²) in [5.41, 5.74) is 3.05. The topological polar surface area (TPSA) is 53.1 Å². The van der Waals surface area contributed by atoms with Gasteiger partial charge in [-0.3, -0.25) is 4.79 Å². The van der Waals surface area contributed by atoms with Gasteiger partial charge in [0.05, 0.1) is 10.0 Å². The van der Waals surface area contributed by atoms with E-state index in [0.717, 1.165) is 16.7 Å². The highest BCUT2D eigenvalue weighted by atomic mass is 35.5. The molecule has 0 aliphatic rings. The van der Waals surface area contributed by atoms with Crippen molar-refractivity contribution in [1.82, 2.24) is 4.98 Å². The zero-order chi connectivity index (χ0) is 18.9. The van der Waals surface area contributed by atoms with Gasteiger partial charge in [-0.1, -0.05) is 74.6 Å². The fraction of sp³-hybridized carbons (Fsp3) is 0.421. The van der Waals surface area contributed by atoms with Gasteiger partial charge in [-0.05, 0) is 34.9 Å². The molecule has 0 fully saturated rings. The minimum Gasteiger partial charge on any atom is -0.507 e. The maximum Gasteiger partial charge on any atom is 0.180 e. The average Bonchev–Trinajstić information content (AvgIpc) is 2.80. The van der Waals surface area contributed by atoms with Crippen LogP contribution in [0.5, 0.6) is 5.75 Å². The number of halogens is 3. The molecule has 0 saturated heterocycles. The molecule has 1 aromatic heterocycles. The van der Waals surface area contributed by atoms with E-state index < -0.39 is 0 Å². The molecule has 0 aliphatic heterocycles. The van der Waals surface area contributed by atoms with Gasteiger partial charge in [-0.25, -0.2) is 0 Å². The van der Waals surface area contributed by atoms with Crippen molar-refractivity contribution in [1.29, 1.82) is 0 Å². The number of aromatic hydroxyl groups is 1. The number of phenols is 1. The number of rotatable bonds is 6. The predicted molar refractivity (Wildman–Crippen MR) is 105 cm³/mol. The highest BCUT2D eigenvalue weighted by molar-refractivity contribution is 6.49. The number of benzene rings is 1. The summed E-state index contributed by atoms with van der Waals surface area (Å²) >= 11 is 17.8. The van der Waals surface area contributed by atoms with Gasteiger partial charge in [0.25, 0.3) is 0 Å². The first-order chi connectivity index (χ1) is 11.6.